The average Bonchev–Trinajstić information content (AvgIpc) is 2.52. The number of amides is 2. The van der Waals surface area contributed by atoms with Gasteiger partial charge in [-0.1, -0.05) is 12.1 Å². The molecule has 3 N–H and O–H groups in total. The fourth-order valence-corrected chi connectivity index (χ4v) is 3.27. The number of benzene rings is 1. The van der Waals surface area contributed by atoms with Crippen LogP contribution in [0.4, 0.5) is 0 Å². The van der Waals surface area contributed by atoms with Crippen LogP contribution >= 0.6 is 24.2 Å². The molecule has 0 aliphatic carbocycles. The Bertz CT molecular complexity index is 527. The summed E-state index contributed by atoms with van der Waals surface area (Å²) in [5, 5.41) is 3.23. The van der Waals surface area contributed by atoms with Crippen molar-refractivity contribution in [2.45, 2.75) is 23.8 Å². The van der Waals surface area contributed by atoms with Crippen LogP contribution in [-0.2, 0) is 4.79 Å². The highest BCUT2D eigenvalue weighted by atomic mass is 35.5. The number of nitrogens with two attached hydrogens (primary N) is 1. The molecule has 1 saturated heterocycles. The van der Waals surface area contributed by atoms with Gasteiger partial charge in [0.1, 0.15) is 0 Å². The number of nitrogens with zero attached hydrogens (tertiary/aromatic N) is 1. The van der Waals surface area contributed by atoms with Crippen LogP contribution in [0.25, 0.3) is 0 Å². The van der Waals surface area contributed by atoms with Gasteiger partial charge in [0.05, 0.1) is 11.3 Å². The maximum absolute atomic E-state index is 12.7. The summed E-state index contributed by atoms with van der Waals surface area (Å²) in [6, 6.07) is 7.75. The molecule has 1 unspecified atom stereocenters. The highest BCUT2D eigenvalue weighted by Gasteiger charge is 2.24. The molecule has 1 heterocycles. The zero-order chi connectivity index (χ0) is 15.2. The lowest BCUT2D eigenvalue weighted by Crippen LogP contribution is -2.47. The second kappa shape index (κ2) is 9.02. The van der Waals surface area contributed by atoms with Crippen molar-refractivity contribution in [3.63, 3.8) is 0 Å². The van der Waals surface area contributed by atoms with E-state index < -0.39 is 0 Å². The van der Waals surface area contributed by atoms with Gasteiger partial charge in [0.25, 0.3) is 5.91 Å². The lowest BCUT2D eigenvalue weighted by molar-refractivity contribution is -0.115. The lowest BCUT2D eigenvalue weighted by Gasteiger charge is -2.33. The first kappa shape index (κ1) is 18.8. The van der Waals surface area contributed by atoms with E-state index in [1.54, 1.807) is 0 Å². The smallest absolute Gasteiger partial charge is 0.255 e. The molecule has 0 spiro atoms. The van der Waals surface area contributed by atoms with E-state index in [1.165, 1.54) is 11.8 Å². The first-order valence-electron chi connectivity index (χ1n) is 7.08. The summed E-state index contributed by atoms with van der Waals surface area (Å²) in [6.07, 6.45) is 2.10. The second-order valence-electron chi connectivity index (χ2n) is 5.13. The Labute approximate surface area is 141 Å². The van der Waals surface area contributed by atoms with Crippen LogP contribution in [0.1, 0.15) is 23.2 Å². The van der Waals surface area contributed by atoms with E-state index in [1.807, 2.05) is 36.2 Å². The third kappa shape index (κ3) is 4.90. The zero-order valence-electron chi connectivity index (χ0n) is 12.6. The summed E-state index contributed by atoms with van der Waals surface area (Å²) in [5.41, 5.74) is 5.84. The molecule has 5 nitrogen and oxygen atoms in total. The molecular formula is C15H22ClN3O2S. The number of rotatable bonds is 5. The normalized spacial score (nSPS) is 17.7. The van der Waals surface area contributed by atoms with E-state index in [2.05, 4.69) is 5.32 Å². The first-order chi connectivity index (χ1) is 10.1. The molecule has 122 valence electrons. The van der Waals surface area contributed by atoms with Gasteiger partial charge in [-0.2, -0.15) is 0 Å². The Balaban J connectivity index is 0.00000242. The Morgan fingerprint density at radius 3 is 2.82 bits per heavy atom. The van der Waals surface area contributed by atoms with E-state index in [9.17, 15) is 9.59 Å². The van der Waals surface area contributed by atoms with Crippen molar-refractivity contribution in [2.75, 3.05) is 25.9 Å². The Hall–Kier alpha value is -1.24. The molecule has 2 amide bonds. The largest absolute Gasteiger partial charge is 0.369 e. The van der Waals surface area contributed by atoms with Gasteiger partial charge in [-0.3, -0.25) is 9.59 Å². The molecule has 2 rings (SSSR count). The molecule has 0 aromatic heterocycles. The topological polar surface area (TPSA) is 75.4 Å². The molecule has 1 atom stereocenters. The van der Waals surface area contributed by atoms with E-state index in [-0.39, 0.29) is 30.0 Å². The molecule has 1 aliphatic rings. The van der Waals surface area contributed by atoms with Gasteiger partial charge in [0.2, 0.25) is 5.91 Å². The third-order valence-electron chi connectivity index (χ3n) is 3.60. The predicted octanol–water partition coefficient (Wildman–Crippen LogP) is 1.51. The standard InChI is InChI=1S/C15H21N3O2S.ClH/c1-17-11-5-4-8-18(9-11)15(20)12-6-2-3-7-13(12)21-10-14(16)19;/h2-3,6-7,11,17H,4-5,8-10H2,1H3,(H2,16,19);1H. The Morgan fingerprint density at radius 2 is 2.14 bits per heavy atom. The van der Waals surface area contributed by atoms with Gasteiger partial charge in [-0.15, -0.1) is 24.2 Å². The van der Waals surface area contributed by atoms with Gasteiger partial charge >= 0.3 is 0 Å². The number of thioether (sulfide) groups is 1. The number of likely N-dealkylation sites (N-methyl/N-ethyl adjacent to an activating group) is 1. The molecule has 1 aromatic carbocycles. The molecule has 7 heteroatoms. The monoisotopic (exact) mass is 343 g/mol. The van der Waals surface area contributed by atoms with Crippen molar-refractivity contribution >= 4 is 36.0 Å². The van der Waals surface area contributed by atoms with Crippen LogP contribution in [0, 0.1) is 0 Å². The van der Waals surface area contributed by atoms with Crippen molar-refractivity contribution in [1.82, 2.24) is 10.2 Å². The van der Waals surface area contributed by atoms with Gasteiger partial charge in [0, 0.05) is 24.0 Å². The third-order valence-corrected chi connectivity index (χ3v) is 4.70. The molecule has 0 bridgehead atoms. The summed E-state index contributed by atoms with van der Waals surface area (Å²) in [6.45, 7) is 1.51. The Kier molecular flexibility index (Phi) is 7.72. The predicted molar refractivity (Wildman–Crippen MR) is 91.6 cm³/mol. The molecule has 1 aromatic rings. The molecule has 0 saturated carbocycles. The summed E-state index contributed by atoms with van der Waals surface area (Å²) < 4.78 is 0. The van der Waals surface area contributed by atoms with Crippen molar-refractivity contribution in [3.8, 4) is 0 Å². The molecule has 1 aliphatic heterocycles. The van der Waals surface area contributed by atoms with Crippen molar-refractivity contribution in [2.24, 2.45) is 5.73 Å². The summed E-state index contributed by atoms with van der Waals surface area (Å²) in [7, 11) is 1.93. The minimum atomic E-state index is -0.379. The first-order valence-corrected chi connectivity index (χ1v) is 8.07. The van der Waals surface area contributed by atoms with Crippen molar-refractivity contribution < 1.29 is 9.59 Å². The number of hydrogen-bond donors (Lipinski definition) is 2. The average molecular weight is 344 g/mol. The zero-order valence-corrected chi connectivity index (χ0v) is 14.2. The highest BCUT2D eigenvalue weighted by Crippen LogP contribution is 2.24. The van der Waals surface area contributed by atoms with E-state index in [4.69, 9.17) is 5.73 Å². The quantitative estimate of drug-likeness (QED) is 0.795. The van der Waals surface area contributed by atoms with E-state index >= 15 is 0 Å². The number of nitrogens with one attached hydrogen (secondary N) is 1. The van der Waals surface area contributed by atoms with Crippen molar-refractivity contribution in [3.05, 3.63) is 29.8 Å². The SMILES string of the molecule is CNC1CCCN(C(=O)c2ccccc2SCC(N)=O)C1.Cl. The number of carbonyl (C=O) groups excluding carboxylic acids is 2. The molecule has 0 radical (unpaired) electrons. The van der Waals surface area contributed by atoms with Crippen LogP contribution < -0.4 is 11.1 Å². The fourth-order valence-electron chi connectivity index (χ4n) is 2.49. The summed E-state index contributed by atoms with van der Waals surface area (Å²) in [5.74, 6) is -0.165. The van der Waals surface area contributed by atoms with Crippen LogP contribution in [0.3, 0.4) is 0 Å². The number of primary amides is 1. The van der Waals surface area contributed by atoms with Crippen LogP contribution in [-0.4, -0.2) is 48.6 Å². The van der Waals surface area contributed by atoms with Crippen LogP contribution in [0.15, 0.2) is 29.2 Å². The minimum Gasteiger partial charge on any atom is -0.369 e. The minimum absolute atomic E-state index is 0. The number of piperidine rings is 1. The van der Waals surface area contributed by atoms with E-state index in [0.29, 0.717) is 11.6 Å². The lowest BCUT2D eigenvalue weighted by atomic mass is 10.0. The fraction of sp³-hybridized carbons (Fsp3) is 0.467. The number of halogens is 1. The molecular weight excluding hydrogens is 322 g/mol. The summed E-state index contributed by atoms with van der Waals surface area (Å²) >= 11 is 1.32. The second-order valence-corrected chi connectivity index (χ2v) is 6.15. The number of likely N-dealkylation sites (tertiary alicyclic amines) is 1. The van der Waals surface area contributed by atoms with E-state index in [0.717, 1.165) is 30.8 Å². The van der Waals surface area contributed by atoms with Gasteiger partial charge in [-0.05, 0) is 32.0 Å². The number of carbonyl (C=O) groups is 2. The van der Waals surface area contributed by atoms with Gasteiger partial charge in [0.15, 0.2) is 0 Å². The van der Waals surface area contributed by atoms with Gasteiger partial charge in [-0.25, -0.2) is 0 Å². The maximum Gasteiger partial charge on any atom is 0.255 e. The highest BCUT2D eigenvalue weighted by molar-refractivity contribution is 8.00. The number of hydrogen-bond acceptors (Lipinski definition) is 4. The Morgan fingerprint density at radius 1 is 1.41 bits per heavy atom. The summed E-state index contributed by atoms with van der Waals surface area (Å²) in [4.78, 5) is 26.3. The van der Waals surface area contributed by atoms with Crippen molar-refractivity contribution in [1.29, 1.82) is 0 Å². The van der Waals surface area contributed by atoms with Gasteiger partial charge < -0.3 is 16.0 Å². The van der Waals surface area contributed by atoms with Crippen LogP contribution in [0.5, 0.6) is 0 Å². The molecule has 22 heavy (non-hydrogen) atoms. The van der Waals surface area contributed by atoms with Crippen LogP contribution in [0.2, 0.25) is 0 Å². The maximum atomic E-state index is 12.7. The molecule has 1 fully saturated rings.